The van der Waals surface area contributed by atoms with Crippen molar-refractivity contribution in [3.63, 3.8) is 0 Å². The molecule has 2 heterocycles. The number of imidazole rings is 1. The molecule has 4 aromatic rings. The van der Waals surface area contributed by atoms with E-state index in [0.29, 0.717) is 34.3 Å². The summed E-state index contributed by atoms with van der Waals surface area (Å²) < 4.78 is 29.3. The van der Waals surface area contributed by atoms with Gasteiger partial charge in [-0.15, -0.1) is 12.4 Å². The molecule has 0 amide bonds. The van der Waals surface area contributed by atoms with E-state index in [0.717, 1.165) is 16.9 Å². The first-order chi connectivity index (χ1) is 15.6. The molecule has 9 heteroatoms. The van der Waals surface area contributed by atoms with E-state index >= 15 is 0 Å². The number of rotatable bonds is 6. The quantitative estimate of drug-likeness (QED) is 0.373. The van der Waals surface area contributed by atoms with Crippen LogP contribution in [0, 0.1) is 0 Å². The lowest BCUT2D eigenvalue weighted by Gasteiger charge is -2.08. The summed E-state index contributed by atoms with van der Waals surface area (Å²) in [5, 5.41) is 0. The molecule has 170 valence electrons. The number of halogens is 1. The highest BCUT2D eigenvalue weighted by Gasteiger charge is 2.15. The van der Waals surface area contributed by atoms with Gasteiger partial charge in [0.1, 0.15) is 29.7 Å². The summed E-state index contributed by atoms with van der Waals surface area (Å²) >= 11 is 0. The van der Waals surface area contributed by atoms with E-state index in [9.17, 15) is 4.79 Å². The van der Waals surface area contributed by atoms with E-state index in [4.69, 9.17) is 23.7 Å². The Morgan fingerprint density at radius 1 is 1.00 bits per heavy atom. The molecule has 8 nitrogen and oxygen atoms in total. The molecule has 0 radical (unpaired) electrons. The number of fused-ring (bicyclic) bond motifs is 2. The normalized spacial score (nSPS) is 11.7. The summed E-state index contributed by atoms with van der Waals surface area (Å²) in [6, 6.07) is 18.0. The lowest BCUT2D eigenvalue weighted by molar-refractivity contribution is 0.0600. The number of ether oxygens (including phenoxy) is 5. The number of hydrogen-bond acceptors (Lipinski definition) is 7. The van der Waals surface area contributed by atoms with Crippen LogP contribution in [-0.4, -0.2) is 29.4 Å². The molecule has 0 fully saturated rings. The van der Waals surface area contributed by atoms with E-state index < -0.39 is 5.97 Å². The van der Waals surface area contributed by atoms with Gasteiger partial charge in [0, 0.05) is 19.2 Å². The van der Waals surface area contributed by atoms with Crippen molar-refractivity contribution in [3.8, 4) is 28.7 Å². The average molecular weight is 469 g/mol. The molecule has 1 aliphatic rings. The summed E-state index contributed by atoms with van der Waals surface area (Å²) in [5.41, 5.74) is 2.16. The van der Waals surface area contributed by atoms with Gasteiger partial charge in [-0.05, 0) is 42.5 Å². The minimum absolute atomic E-state index is 0. The fourth-order valence-corrected chi connectivity index (χ4v) is 3.47. The molecule has 33 heavy (non-hydrogen) atoms. The van der Waals surface area contributed by atoms with E-state index in [1.165, 1.54) is 7.11 Å². The Labute approximate surface area is 196 Å². The molecule has 0 saturated carbocycles. The summed E-state index contributed by atoms with van der Waals surface area (Å²) in [4.78, 5) is 16.4. The highest BCUT2D eigenvalue weighted by Crippen LogP contribution is 2.37. The zero-order chi connectivity index (χ0) is 22.1. The van der Waals surface area contributed by atoms with Gasteiger partial charge in [0.15, 0.2) is 11.5 Å². The Hall–Kier alpha value is -3.91. The highest BCUT2D eigenvalue weighted by atomic mass is 35.5. The third kappa shape index (κ3) is 4.51. The van der Waals surface area contributed by atoms with Gasteiger partial charge in [0.2, 0.25) is 6.79 Å². The largest absolute Gasteiger partial charge is 0.486 e. The summed E-state index contributed by atoms with van der Waals surface area (Å²) in [6.45, 7) is 0.464. The van der Waals surface area contributed by atoms with Crippen LogP contribution >= 0.6 is 12.4 Å². The van der Waals surface area contributed by atoms with E-state index in [-0.39, 0.29) is 25.8 Å². The summed E-state index contributed by atoms with van der Waals surface area (Å²) in [6.07, 6.45) is 0. The number of methoxy groups -OCH3 is 1. The molecule has 0 aliphatic carbocycles. The first-order valence-corrected chi connectivity index (χ1v) is 9.95. The smallest absolute Gasteiger partial charge is 0.337 e. The minimum Gasteiger partial charge on any atom is -0.486 e. The maximum atomic E-state index is 11.7. The maximum absolute atomic E-state index is 11.7. The molecule has 0 N–H and O–H groups in total. The Balaban J connectivity index is 0.00000259. The molecule has 0 atom stereocenters. The maximum Gasteiger partial charge on any atom is 0.337 e. The molecule has 0 unspecified atom stereocenters. The number of nitrogens with zero attached hydrogens (tertiary/aromatic N) is 2. The van der Waals surface area contributed by atoms with Gasteiger partial charge in [0.05, 0.1) is 23.7 Å². The molecule has 0 spiro atoms. The highest BCUT2D eigenvalue weighted by molar-refractivity contribution is 5.89. The zero-order valence-electron chi connectivity index (χ0n) is 17.9. The van der Waals surface area contributed by atoms with Crippen molar-refractivity contribution in [2.75, 3.05) is 13.9 Å². The first-order valence-electron chi connectivity index (χ1n) is 9.95. The predicted molar refractivity (Wildman–Crippen MR) is 123 cm³/mol. The van der Waals surface area contributed by atoms with Gasteiger partial charge in [-0.25, -0.2) is 9.78 Å². The first kappa shape index (κ1) is 22.3. The van der Waals surface area contributed by atoms with Gasteiger partial charge >= 0.3 is 5.97 Å². The number of carbonyl (C=O) groups excluding carboxylic acids is 1. The second-order valence-corrected chi connectivity index (χ2v) is 7.16. The van der Waals surface area contributed by atoms with Gasteiger partial charge in [-0.3, -0.25) is 0 Å². The van der Waals surface area contributed by atoms with Crippen LogP contribution in [0.5, 0.6) is 28.7 Å². The van der Waals surface area contributed by atoms with Crippen LogP contribution in [0.2, 0.25) is 0 Å². The van der Waals surface area contributed by atoms with Crippen molar-refractivity contribution in [1.29, 1.82) is 0 Å². The number of hydrogen-bond donors (Lipinski definition) is 0. The van der Waals surface area contributed by atoms with Crippen molar-refractivity contribution >= 4 is 29.4 Å². The van der Waals surface area contributed by atoms with Crippen molar-refractivity contribution in [1.82, 2.24) is 9.55 Å². The number of esters is 1. The van der Waals surface area contributed by atoms with Crippen molar-refractivity contribution < 1.29 is 28.5 Å². The monoisotopic (exact) mass is 468 g/mol. The van der Waals surface area contributed by atoms with Crippen LogP contribution < -0.4 is 18.9 Å². The van der Waals surface area contributed by atoms with E-state index in [1.807, 2.05) is 41.9 Å². The number of benzene rings is 3. The van der Waals surface area contributed by atoms with Crippen LogP contribution in [-0.2, 0) is 18.4 Å². The fourth-order valence-electron chi connectivity index (χ4n) is 3.47. The fraction of sp³-hybridized carbons (Fsp3) is 0.167. The van der Waals surface area contributed by atoms with Crippen LogP contribution in [0.4, 0.5) is 0 Å². The molecule has 5 rings (SSSR count). The molecule has 1 aromatic heterocycles. The standard InChI is InChI=1S/C24H20N2O6.ClH/c1-26-20-11-17(32-18-7-9-21-22(12-18)31-14-30-21)6-8-19(20)25-23(26)13-29-16-5-3-4-15(10-16)24(27)28-2;/h3-12H,13-14H2,1-2H3;1H. The molecule has 0 bridgehead atoms. The molecule has 0 saturated heterocycles. The molecular formula is C24H21ClN2O6. The molecular weight excluding hydrogens is 448 g/mol. The lowest BCUT2D eigenvalue weighted by atomic mass is 10.2. The number of carbonyl (C=O) groups is 1. The van der Waals surface area contributed by atoms with Gasteiger partial charge < -0.3 is 28.3 Å². The van der Waals surface area contributed by atoms with Gasteiger partial charge in [0.25, 0.3) is 0 Å². The van der Waals surface area contributed by atoms with Crippen LogP contribution in [0.1, 0.15) is 16.2 Å². The second kappa shape index (κ2) is 9.30. The second-order valence-electron chi connectivity index (χ2n) is 7.16. The van der Waals surface area contributed by atoms with Crippen molar-refractivity contribution in [3.05, 3.63) is 72.1 Å². The van der Waals surface area contributed by atoms with Crippen molar-refractivity contribution in [2.45, 2.75) is 6.61 Å². The van der Waals surface area contributed by atoms with Crippen LogP contribution in [0.25, 0.3) is 11.0 Å². The Morgan fingerprint density at radius 2 is 1.79 bits per heavy atom. The lowest BCUT2D eigenvalue weighted by Crippen LogP contribution is -2.05. The summed E-state index contributed by atoms with van der Waals surface area (Å²) in [7, 11) is 3.27. The number of aryl methyl sites for hydroxylation is 1. The Morgan fingerprint density at radius 3 is 2.64 bits per heavy atom. The average Bonchev–Trinajstić information content (AvgIpc) is 3.41. The Bertz CT molecular complexity index is 1320. The van der Waals surface area contributed by atoms with Gasteiger partial charge in [-0.1, -0.05) is 6.07 Å². The molecule has 3 aromatic carbocycles. The number of aromatic nitrogens is 2. The molecule has 1 aliphatic heterocycles. The third-order valence-electron chi connectivity index (χ3n) is 5.15. The van der Waals surface area contributed by atoms with Gasteiger partial charge in [-0.2, -0.15) is 0 Å². The van der Waals surface area contributed by atoms with E-state index in [1.54, 1.807) is 30.3 Å². The summed E-state index contributed by atoms with van der Waals surface area (Å²) in [5.74, 6) is 3.60. The third-order valence-corrected chi connectivity index (χ3v) is 5.15. The van der Waals surface area contributed by atoms with E-state index in [2.05, 4.69) is 4.98 Å². The van der Waals surface area contributed by atoms with Crippen LogP contribution in [0.3, 0.4) is 0 Å². The SMILES string of the molecule is COC(=O)c1cccc(OCc2nc3ccc(Oc4ccc5c(c4)OCO5)cc3n2C)c1.Cl. The topological polar surface area (TPSA) is 81.0 Å². The van der Waals surface area contributed by atoms with Crippen LogP contribution in [0.15, 0.2) is 60.7 Å². The zero-order valence-corrected chi connectivity index (χ0v) is 18.8. The van der Waals surface area contributed by atoms with Crippen molar-refractivity contribution in [2.24, 2.45) is 7.05 Å². The minimum atomic E-state index is -0.409. The Kier molecular flexibility index (Phi) is 6.28. The predicted octanol–water partition coefficient (Wildman–Crippen LogP) is 4.88.